The molecule has 1 N–H and O–H groups in total. The average molecular weight is 293 g/mol. The zero-order valence-corrected chi connectivity index (χ0v) is 12.3. The van der Waals surface area contributed by atoms with Crippen molar-refractivity contribution in [2.75, 3.05) is 0 Å². The number of aliphatic hydroxyl groups is 1. The zero-order chi connectivity index (χ0) is 15.5. The second-order valence-electron chi connectivity index (χ2n) is 6.11. The van der Waals surface area contributed by atoms with E-state index >= 15 is 0 Å². The van der Waals surface area contributed by atoms with Crippen LogP contribution in [0, 0.1) is 34.3 Å². The van der Waals surface area contributed by atoms with Crippen LogP contribution < -0.4 is 0 Å². The fourth-order valence-electron chi connectivity index (χ4n) is 3.39. The van der Waals surface area contributed by atoms with Gasteiger partial charge in [0, 0.05) is 6.07 Å². The molecule has 1 unspecified atom stereocenters. The van der Waals surface area contributed by atoms with E-state index in [1.54, 1.807) is 0 Å². The van der Waals surface area contributed by atoms with Crippen molar-refractivity contribution in [3.05, 3.63) is 35.4 Å². The number of halogens is 2. The van der Waals surface area contributed by atoms with E-state index in [2.05, 4.69) is 13.0 Å². The van der Waals surface area contributed by atoms with Crippen molar-refractivity contribution in [1.29, 1.82) is 5.26 Å². The van der Waals surface area contributed by atoms with Crippen LogP contribution in [0.5, 0.6) is 0 Å². The molecule has 1 aromatic carbocycles. The van der Waals surface area contributed by atoms with Gasteiger partial charge in [0.05, 0.1) is 17.6 Å². The SMILES string of the molecule is CCCC1CCC(C#N)(C(O)c2cc(F)cc(F)c2)CC1. The predicted molar refractivity (Wildman–Crippen MR) is 76.2 cm³/mol. The first kappa shape index (κ1) is 15.9. The van der Waals surface area contributed by atoms with Gasteiger partial charge in [-0.2, -0.15) is 5.26 Å². The van der Waals surface area contributed by atoms with E-state index in [1.807, 2.05) is 0 Å². The summed E-state index contributed by atoms with van der Waals surface area (Å²) in [7, 11) is 0. The maximum atomic E-state index is 13.3. The number of hydrogen-bond acceptors (Lipinski definition) is 2. The summed E-state index contributed by atoms with van der Waals surface area (Å²) in [5.74, 6) is -0.860. The van der Waals surface area contributed by atoms with Crippen molar-refractivity contribution in [1.82, 2.24) is 0 Å². The van der Waals surface area contributed by atoms with Crippen LogP contribution in [-0.4, -0.2) is 5.11 Å². The lowest BCUT2D eigenvalue weighted by atomic mass is 9.66. The van der Waals surface area contributed by atoms with Gasteiger partial charge in [-0.15, -0.1) is 0 Å². The van der Waals surface area contributed by atoms with Gasteiger partial charge in [0.25, 0.3) is 0 Å². The van der Waals surface area contributed by atoms with Crippen LogP contribution in [0.25, 0.3) is 0 Å². The average Bonchev–Trinajstić information content (AvgIpc) is 2.47. The number of benzene rings is 1. The second kappa shape index (κ2) is 6.53. The molecule has 0 spiro atoms. The molecule has 0 aliphatic heterocycles. The fourth-order valence-corrected chi connectivity index (χ4v) is 3.39. The normalized spacial score (nSPS) is 27.1. The lowest BCUT2D eigenvalue weighted by Crippen LogP contribution is -2.32. The van der Waals surface area contributed by atoms with Crippen LogP contribution >= 0.6 is 0 Å². The van der Waals surface area contributed by atoms with Crippen LogP contribution in [0.15, 0.2) is 18.2 Å². The largest absolute Gasteiger partial charge is 0.387 e. The predicted octanol–water partition coefficient (Wildman–Crippen LogP) is 4.50. The summed E-state index contributed by atoms with van der Waals surface area (Å²) in [5.41, 5.74) is -0.771. The molecule has 2 nitrogen and oxygen atoms in total. The van der Waals surface area contributed by atoms with Gasteiger partial charge in [-0.1, -0.05) is 19.8 Å². The maximum Gasteiger partial charge on any atom is 0.126 e. The van der Waals surface area contributed by atoms with Gasteiger partial charge in [0.15, 0.2) is 0 Å². The van der Waals surface area contributed by atoms with Crippen molar-refractivity contribution in [2.45, 2.75) is 51.6 Å². The molecule has 0 aromatic heterocycles. The molecule has 0 amide bonds. The van der Waals surface area contributed by atoms with E-state index in [9.17, 15) is 19.1 Å². The van der Waals surface area contributed by atoms with Gasteiger partial charge >= 0.3 is 0 Å². The summed E-state index contributed by atoms with van der Waals surface area (Å²) < 4.78 is 26.6. The first-order valence-electron chi connectivity index (χ1n) is 7.56. The van der Waals surface area contributed by atoms with Crippen LogP contribution in [-0.2, 0) is 0 Å². The highest BCUT2D eigenvalue weighted by Crippen LogP contribution is 2.48. The Balaban J connectivity index is 2.19. The maximum absolute atomic E-state index is 13.3. The first-order valence-corrected chi connectivity index (χ1v) is 7.56. The molecule has 1 fully saturated rings. The van der Waals surface area contributed by atoms with E-state index < -0.39 is 23.2 Å². The van der Waals surface area contributed by atoms with Crippen LogP contribution in [0.2, 0.25) is 0 Å². The highest BCUT2D eigenvalue weighted by molar-refractivity contribution is 5.25. The molecule has 0 radical (unpaired) electrons. The number of aliphatic hydroxyl groups excluding tert-OH is 1. The van der Waals surface area contributed by atoms with Crippen molar-refractivity contribution in [3.8, 4) is 6.07 Å². The van der Waals surface area contributed by atoms with Crippen LogP contribution in [0.3, 0.4) is 0 Å². The number of rotatable bonds is 4. The summed E-state index contributed by atoms with van der Waals surface area (Å²) in [6.07, 6.45) is 4.02. The molecular weight excluding hydrogens is 272 g/mol. The molecular formula is C17H21F2NO. The zero-order valence-electron chi connectivity index (χ0n) is 12.3. The highest BCUT2D eigenvalue weighted by Gasteiger charge is 2.42. The third kappa shape index (κ3) is 3.41. The molecule has 0 saturated heterocycles. The molecule has 1 aliphatic carbocycles. The van der Waals surface area contributed by atoms with Gasteiger partial charge < -0.3 is 5.11 Å². The number of hydrogen-bond donors (Lipinski definition) is 1. The van der Waals surface area contributed by atoms with Gasteiger partial charge in [-0.3, -0.25) is 0 Å². The van der Waals surface area contributed by atoms with Crippen molar-refractivity contribution < 1.29 is 13.9 Å². The Kier molecular flexibility index (Phi) is 4.95. The van der Waals surface area contributed by atoms with Gasteiger partial charge in [-0.05, 0) is 49.3 Å². The van der Waals surface area contributed by atoms with Crippen LogP contribution in [0.4, 0.5) is 8.78 Å². The molecule has 0 heterocycles. The Morgan fingerprint density at radius 2 is 1.86 bits per heavy atom. The standard InChI is InChI=1S/C17H21F2NO/c1-2-3-12-4-6-17(11-20,7-5-12)16(21)13-8-14(18)10-15(19)9-13/h8-10,12,16,21H,2-7H2,1H3. The Morgan fingerprint density at radius 1 is 1.29 bits per heavy atom. The molecule has 2 rings (SSSR count). The van der Waals surface area contributed by atoms with Gasteiger partial charge in [-0.25, -0.2) is 8.78 Å². The van der Waals surface area contributed by atoms with Crippen molar-refractivity contribution in [3.63, 3.8) is 0 Å². The number of nitriles is 1. The first-order chi connectivity index (χ1) is 10.0. The third-order valence-corrected chi connectivity index (χ3v) is 4.64. The van der Waals surface area contributed by atoms with E-state index in [-0.39, 0.29) is 5.56 Å². The van der Waals surface area contributed by atoms with Gasteiger partial charge in [0.2, 0.25) is 0 Å². The summed E-state index contributed by atoms with van der Waals surface area (Å²) in [4.78, 5) is 0. The molecule has 1 atom stereocenters. The Hall–Kier alpha value is -1.47. The summed E-state index contributed by atoms with van der Waals surface area (Å²) in [6, 6.07) is 5.23. The topological polar surface area (TPSA) is 44.0 Å². The lowest BCUT2D eigenvalue weighted by molar-refractivity contribution is 0.0232. The molecule has 1 aliphatic rings. The number of nitrogens with zero attached hydrogens (tertiary/aromatic N) is 1. The molecule has 114 valence electrons. The van der Waals surface area contributed by atoms with Gasteiger partial charge in [0.1, 0.15) is 11.6 Å². The molecule has 1 saturated carbocycles. The Labute approximate surface area is 124 Å². The minimum Gasteiger partial charge on any atom is -0.387 e. The highest BCUT2D eigenvalue weighted by atomic mass is 19.1. The summed E-state index contributed by atoms with van der Waals surface area (Å²) >= 11 is 0. The summed E-state index contributed by atoms with van der Waals surface area (Å²) in [5, 5.41) is 20.0. The molecule has 21 heavy (non-hydrogen) atoms. The molecule has 4 heteroatoms. The molecule has 0 bridgehead atoms. The quantitative estimate of drug-likeness (QED) is 0.888. The fraction of sp³-hybridized carbons (Fsp3) is 0.588. The summed E-state index contributed by atoms with van der Waals surface area (Å²) in [6.45, 7) is 2.14. The molecule has 1 aromatic rings. The van der Waals surface area contributed by atoms with Crippen molar-refractivity contribution in [2.24, 2.45) is 11.3 Å². The van der Waals surface area contributed by atoms with E-state index in [0.29, 0.717) is 18.8 Å². The van der Waals surface area contributed by atoms with Crippen molar-refractivity contribution >= 4 is 0 Å². The third-order valence-electron chi connectivity index (χ3n) is 4.64. The Morgan fingerprint density at radius 3 is 2.33 bits per heavy atom. The second-order valence-corrected chi connectivity index (χ2v) is 6.11. The van der Waals surface area contributed by atoms with E-state index in [4.69, 9.17) is 0 Å². The smallest absolute Gasteiger partial charge is 0.126 e. The minimum absolute atomic E-state index is 0.156. The van der Waals surface area contributed by atoms with E-state index in [1.165, 1.54) is 0 Å². The van der Waals surface area contributed by atoms with Crippen LogP contribution in [0.1, 0.15) is 57.1 Å². The monoisotopic (exact) mass is 293 g/mol. The lowest BCUT2D eigenvalue weighted by Gasteiger charge is -2.38. The van der Waals surface area contributed by atoms with E-state index in [0.717, 1.165) is 43.9 Å². The Bertz CT molecular complexity index is 510. The minimum atomic E-state index is -1.14.